The quantitative estimate of drug-likeness (QED) is 0.660. The van der Waals surface area contributed by atoms with Crippen LogP contribution in [0.4, 0.5) is 17.1 Å². The molecule has 0 fully saturated rings. The highest BCUT2D eigenvalue weighted by atomic mass is 79.9. The Bertz CT molecular complexity index is 690. The maximum Gasteiger partial charge on any atom is 0.274 e. The molecule has 2 aromatic rings. The van der Waals surface area contributed by atoms with Gasteiger partial charge in [0.1, 0.15) is 5.69 Å². The van der Waals surface area contributed by atoms with Gasteiger partial charge in [0.25, 0.3) is 11.6 Å². The number of non-ortho nitro benzene ring substituents is 1. The molecule has 0 unspecified atom stereocenters. The second kappa shape index (κ2) is 5.66. The van der Waals surface area contributed by atoms with Crippen molar-refractivity contribution in [3.63, 3.8) is 0 Å². The van der Waals surface area contributed by atoms with Crippen LogP contribution in [0.2, 0.25) is 0 Å². The van der Waals surface area contributed by atoms with Gasteiger partial charge in [-0.2, -0.15) is 0 Å². The molecule has 3 N–H and O–H groups in total. The molecule has 1 aromatic carbocycles. The number of carbonyl (C=O) groups is 1. The minimum atomic E-state index is -0.518. The number of anilines is 2. The van der Waals surface area contributed by atoms with E-state index < -0.39 is 10.8 Å². The number of rotatable bonds is 3. The summed E-state index contributed by atoms with van der Waals surface area (Å²) in [7, 11) is 0. The zero-order valence-corrected chi connectivity index (χ0v) is 11.6. The Kier molecular flexibility index (Phi) is 3.94. The van der Waals surface area contributed by atoms with Crippen molar-refractivity contribution in [1.29, 1.82) is 0 Å². The van der Waals surface area contributed by atoms with Crippen LogP contribution in [0.3, 0.4) is 0 Å². The van der Waals surface area contributed by atoms with Crippen LogP contribution in [0.15, 0.2) is 41.0 Å². The van der Waals surface area contributed by atoms with Gasteiger partial charge < -0.3 is 11.1 Å². The molecule has 0 bridgehead atoms. The molecule has 20 heavy (non-hydrogen) atoms. The van der Waals surface area contributed by atoms with Gasteiger partial charge in [-0.25, -0.2) is 0 Å². The van der Waals surface area contributed by atoms with E-state index in [-0.39, 0.29) is 11.4 Å². The summed E-state index contributed by atoms with van der Waals surface area (Å²) in [5.74, 6) is -0.452. The van der Waals surface area contributed by atoms with Crippen LogP contribution in [-0.2, 0) is 0 Å². The van der Waals surface area contributed by atoms with Crippen molar-refractivity contribution in [3.05, 3.63) is 56.8 Å². The fourth-order valence-corrected chi connectivity index (χ4v) is 1.94. The SMILES string of the molecule is Nc1ccnc(C(=O)Nc2ccc([N+](=O)[O-])cc2Br)c1. The van der Waals surface area contributed by atoms with Gasteiger partial charge in [-0.15, -0.1) is 0 Å². The highest BCUT2D eigenvalue weighted by Crippen LogP contribution is 2.27. The third-order valence-corrected chi connectivity index (χ3v) is 3.08. The van der Waals surface area contributed by atoms with Crippen LogP contribution in [0.25, 0.3) is 0 Å². The lowest BCUT2D eigenvalue weighted by atomic mass is 10.2. The minimum Gasteiger partial charge on any atom is -0.399 e. The Balaban J connectivity index is 2.22. The summed E-state index contributed by atoms with van der Waals surface area (Å²) in [4.78, 5) is 26.0. The van der Waals surface area contributed by atoms with Gasteiger partial charge in [0.2, 0.25) is 0 Å². The topological polar surface area (TPSA) is 111 Å². The number of halogens is 1. The number of nitrogens with one attached hydrogen (secondary N) is 1. The van der Waals surface area contributed by atoms with Crippen molar-refractivity contribution in [2.45, 2.75) is 0 Å². The van der Waals surface area contributed by atoms with Crippen LogP contribution in [-0.4, -0.2) is 15.8 Å². The van der Waals surface area contributed by atoms with Gasteiger partial charge in [-0.3, -0.25) is 19.9 Å². The van der Waals surface area contributed by atoms with E-state index in [2.05, 4.69) is 26.2 Å². The molecule has 0 aliphatic rings. The van der Waals surface area contributed by atoms with Crippen LogP contribution in [0.5, 0.6) is 0 Å². The monoisotopic (exact) mass is 336 g/mol. The first-order valence-electron chi connectivity index (χ1n) is 5.44. The smallest absolute Gasteiger partial charge is 0.274 e. The number of pyridine rings is 1. The van der Waals surface area contributed by atoms with Gasteiger partial charge in [0.15, 0.2) is 0 Å². The molecule has 7 nitrogen and oxygen atoms in total. The van der Waals surface area contributed by atoms with Crippen molar-refractivity contribution in [1.82, 2.24) is 4.98 Å². The van der Waals surface area contributed by atoms with E-state index in [1.54, 1.807) is 6.07 Å². The number of nitrogens with zero attached hydrogens (tertiary/aromatic N) is 2. The van der Waals surface area contributed by atoms with E-state index >= 15 is 0 Å². The molecule has 0 saturated heterocycles. The number of hydrogen-bond donors (Lipinski definition) is 2. The Labute approximate surface area is 122 Å². The maximum absolute atomic E-state index is 12.0. The summed E-state index contributed by atoms with van der Waals surface area (Å²) in [6, 6.07) is 7.05. The second-order valence-electron chi connectivity index (χ2n) is 3.85. The van der Waals surface area contributed by atoms with E-state index in [4.69, 9.17) is 5.73 Å². The number of nitrogens with two attached hydrogens (primary N) is 1. The summed E-state index contributed by atoms with van der Waals surface area (Å²) in [6.07, 6.45) is 1.43. The van der Waals surface area contributed by atoms with Crippen molar-refractivity contribution < 1.29 is 9.72 Å². The average Bonchev–Trinajstić information content (AvgIpc) is 2.40. The predicted molar refractivity (Wildman–Crippen MR) is 77.4 cm³/mol. The summed E-state index contributed by atoms with van der Waals surface area (Å²) in [6.45, 7) is 0. The molecule has 2 rings (SSSR count). The first-order chi connectivity index (χ1) is 9.47. The maximum atomic E-state index is 12.0. The number of nitrogen functional groups attached to an aromatic ring is 1. The Morgan fingerprint density at radius 2 is 2.10 bits per heavy atom. The van der Waals surface area contributed by atoms with E-state index in [9.17, 15) is 14.9 Å². The number of carbonyl (C=O) groups excluding carboxylic acids is 1. The van der Waals surface area contributed by atoms with E-state index in [0.717, 1.165) is 0 Å². The molecule has 0 atom stereocenters. The van der Waals surface area contributed by atoms with Crippen molar-refractivity contribution >= 4 is 38.9 Å². The molecule has 0 radical (unpaired) electrons. The Morgan fingerprint density at radius 3 is 2.70 bits per heavy atom. The largest absolute Gasteiger partial charge is 0.399 e. The number of nitro groups is 1. The lowest BCUT2D eigenvalue weighted by molar-refractivity contribution is -0.384. The summed E-state index contributed by atoms with van der Waals surface area (Å²) in [5, 5.41) is 13.2. The lowest BCUT2D eigenvalue weighted by Gasteiger charge is -2.07. The molecule has 1 heterocycles. The molecule has 8 heteroatoms. The summed E-state index contributed by atoms with van der Waals surface area (Å²) < 4.78 is 0.406. The van der Waals surface area contributed by atoms with Gasteiger partial charge >= 0.3 is 0 Å². The van der Waals surface area contributed by atoms with Gasteiger partial charge in [0.05, 0.1) is 10.6 Å². The lowest BCUT2D eigenvalue weighted by Crippen LogP contribution is -2.14. The highest BCUT2D eigenvalue weighted by molar-refractivity contribution is 9.10. The number of aromatic nitrogens is 1. The van der Waals surface area contributed by atoms with Gasteiger partial charge in [0, 0.05) is 28.5 Å². The highest BCUT2D eigenvalue weighted by Gasteiger charge is 2.13. The van der Waals surface area contributed by atoms with Crippen molar-refractivity contribution in [3.8, 4) is 0 Å². The first kappa shape index (κ1) is 13.9. The zero-order valence-electron chi connectivity index (χ0n) is 10.0. The van der Waals surface area contributed by atoms with Crippen LogP contribution >= 0.6 is 15.9 Å². The molecule has 0 spiro atoms. The normalized spacial score (nSPS) is 10.1. The molecular formula is C12H9BrN4O3. The average molecular weight is 337 g/mol. The van der Waals surface area contributed by atoms with E-state index in [0.29, 0.717) is 15.8 Å². The molecule has 102 valence electrons. The first-order valence-corrected chi connectivity index (χ1v) is 6.23. The number of benzene rings is 1. The van der Waals surface area contributed by atoms with Crippen LogP contribution < -0.4 is 11.1 Å². The molecule has 0 aliphatic heterocycles. The zero-order chi connectivity index (χ0) is 14.7. The predicted octanol–water partition coefficient (Wildman–Crippen LogP) is 2.59. The summed E-state index contributed by atoms with van der Waals surface area (Å²) in [5.41, 5.74) is 6.49. The van der Waals surface area contributed by atoms with E-state index in [1.165, 1.54) is 30.5 Å². The number of amides is 1. The molecule has 0 saturated carbocycles. The third kappa shape index (κ3) is 3.09. The minimum absolute atomic E-state index is 0.0723. The molecular weight excluding hydrogens is 328 g/mol. The Morgan fingerprint density at radius 1 is 1.35 bits per heavy atom. The van der Waals surface area contributed by atoms with Crippen molar-refractivity contribution in [2.24, 2.45) is 0 Å². The fraction of sp³-hybridized carbons (Fsp3) is 0. The molecule has 0 aliphatic carbocycles. The van der Waals surface area contributed by atoms with Crippen LogP contribution in [0, 0.1) is 10.1 Å². The van der Waals surface area contributed by atoms with Crippen LogP contribution in [0.1, 0.15) is 10.5 Å². The fourth-order valence-electron chi connectivity index (χ4n) is 1.48. The second-order valence-corrected chi connectivity index (χ2v) is 4.70. The molecule has 1 amide bonds. The number of nitro benzene ring substituents is 1. The van der Waals surface area contributed by atoms with Gasteiger partial charge in [-0.1, -0.05) is 0 Å². The number of hydrogen-bond acceptors (Lipinski definition) is 5. The van der Waals surface area contributed by atoms with Gasteiger partial charge in [-0.05, 0) is 34.1 Å². The van der Waals surface area contributed by atoms with E-state index in [1.807, 2.05) is 0 Å². The third-order valence-electron chi connectivity index (χ3n) is 2.43. The Hall–Kier alpha value is -2.48. The summed E-state index contributed by atoms with van der Waals surface area (Å²) >= 11 is 3.17. The standard InChI is InChI=1S/C12H9BrN4O3/c13-9-6-8(17(19)20)1-2-10(9)16-12(18)11-5-7(14)3-4-15-11/h1-6H,(H2,14,15)(H,16,18). The van der Waals surface area contributed by atoms with Crippen molar-refractivity contribution in [2.75, 3.05) is 11.1 Å². The molecule has 1 aromatic heterocycles.